The van der Waals surface area contributed by atoms with Gasteiger partial charge in [-0.25, -0.2) is 0 Å². The van der Waals surface area contributed by atoms with E-state index in [0.717, 1.165) is 24.6 Å². The molecule has 0 aliphatic carbocycles. The smallest absolute Gasteiger partial charge is 0.185 e. The zero-order chi connectivity index (χ0) is 8.53. The van der Waals surface area contributed by atoms with Crippen LogP contribution in [-0.2, 0) is 0 Å². The molecule has 0 fully saturated rings. The van der Waals surface area contributed by atoms with Crippen LogP contribution in [0.4, 0.5) is 0 Å². The molecule has 66 valence electrons. The highest BCUT2D eigenvalue weighted by molar-refractivity contribution is 8.76. The number of hydrogen-bond donors (Lipinski definition) is 4. The number of hydrogen-bond acceptors (Lipinski definition) is 4. The fourth-order valence-electron chi connectivity index (χ4n) is 0.393. The van der Waals surface area contributed by atoms with Gasteiger partial charge in [0.1, 0.15) is 0 Å². The summed E-state index contributed by atoms with van der Waals surface area (Å²) in [5, 5.41) is 9.56. The minimum absolute atomic E-state index is 0.0365. The third-order valence-electron chi connectivity index (χ3n) is 0.785. The van der Waals surface area contributed by atoms with Crippen molar-refractivity contribution >= 4 is 27.5 Å². The van der Waals surface area contributed by atoms with Gasteiger partial charge in [0, 0.05) is 24.6 Å². The van der Waals surface area contributed by atoms with Crippen LogP contribution in [0.2, 0.25) is 0 Å². The van der Waals surface area contributed by atoms with E-state index in [1.165, 1.54) is 0 Å². The molecule has 6 N–H and O–H groups in total. The van der Waals surface area contributed by atoms with Gasteiger partial charge >= 0.3 is 0 Å². The maximum Gasteiger partial charge on any atom is 0.185 e. The monoisotopic (exact) mass is 194 g/mol. The van der Waals surface area contributed by atoms with E-state index in [9.17, 15) is 0 Å². The van der Waals surface area contributed by atoms with Crippen molar-refractivity contribution in [2.45, 2.75) is 0 Å². The van der Waals surface area contributed by atoms with Crippen LogP contribution in [0.5, 0.6) is 0 Å². The number of nitrogens with one attached hydrogen (secondary N) is 2. The van der Waals surface area contributed by atoms with Gasteiger partial charge in [0.15, 0.2) is 5.96 Å². The maximum atomic E-state index is 6.84. The molecule has 0 unspecified atom stereocenters. The van der Waals surface area contributed by atoms with Gasteiger partial charge < -0.3 is 16.8 Å². The van der Waals surface area contributed by atoms with Crippen LogP contribution in [0.25, 0.3) is 0 Å². The molecule has 11 heavy (non-hydrogen) atoms. The summed E-state index contributed by atoms with van der Waals surface area (Å²) >= 11 is 0. The van der Waals surface area contributed by atoms with Crippen LogP contribution < -0.4 is 16.8 Å². The lowest BCUT2D eigenvalue weighted by Gasteiger charge is -2.01. The number of rotatable bonds is 6. The Bertz CT molecular complexity index is 109. The van der Waals surface area contributed by atoms with Crippen molar-refractivity contribution in [3.63, 3.8) is 0 Å². The van der Waals surface area contributed by atoms with Crippen molar-refractivity contribution in [3.8, 4) is 0 Å². The fourth-order valence-corrected chi connectivity index (χ4v) is 2.16. The molecule has 0 bridgehead atoms. The molecule has 0 saturated carbocycles. The molecule has 0 rings (SSSR count). The van der Waals surface area contributed by atoms with Crippen LogP contribution in [0.1, 0.15) is 0 Å². The summed E-state index contributed by atoms with van der Waals surface area (Å²) in [5.41, 5.74) is 10.4. The van der Waals surface area contributed by atoms with E-state index in [2.05, 4.69) is 5.32 Å². The molecule has 0 aromatic heterocycles. The lowest BCUT2D eigenvalue weighted by molar-refractivity contribution is 0.957. The highest BCUT2D eigenvalue weighted by Crippen LogP contribution is 2.18. The second kappa shape index (κ2) is 8.03. The highest BCUT2D eigenvalue weighted by Gasteiger charge is 1.89. The minimum atomic E-state index is 0.0365. The van der Waals surface area contributed by atoms with E-state index in [0.29, 0.717) is 0 Å². The molecule has 0 heterocycles. The van der Waals surface area contributed by atoms with Gasteiger partial charge in [0.25, 0.3) is 0 Å². The third kappa shape index (κ3) is 9.93. The highest BCUT2D eigenvalue weighted by atomic mass is 33.1. The number of guanidine groups is 1. The normalized spacial score (nSPS) is 9.55. The molecule has 4 nitrogen and oxygen atoms in total. The van der Waals surface area contributed by atoms with Crippen molar-refractivity contribution in [1.29, 1.82) is 5.41 Å². The third-order valence-corrected chi connectivity index (χ3v) is 3.23. The van der Waals surface area contributed by atoms with Gasteiger partial charge in [-0.1, -0.05) is 21.6 Å². The maximum absolute atomic E-state index is 6.84. The van der Waals surface area contributed by atoms with Crippen molar-refractivity contribution in [2.24, 2.45) is 11.5 Å². The van der Waals surface area contributed by atoms with Crippen LogP contribution in [0.3, 0.4) is 0 Å². The Labute approximate surface area is 74.8 Å². The minimum Gasteiger partial charge on any atom is -0.370 e. The molecule has 0 saturated heterocycles. The van der Waals surface area contributed by atoms with E-state index in [1.54, 1.807) is 21.6 Å². The Morgan fingerprint density at radius 1 is 1.36 bits per heavy atom. The molecule has 0 atom stereocenters. The van der Waals surface area contributed by atoms with Gasteiger partial charge in [-0.2, -0.15) is 0 Å². The quantitative estimate of drug-likeness (QED) is 0.204. The first-order valence-corrected chi connectivity index (χ1v) is 5.78. The van der Waals surface area contributed by atoms with E-state index in [1.807, 2.05) is 0 Å². The molecule has 0 spiro atoms. The predicted octanol–water partition coefficient (Wildman–Crippen LogP) is -0.190. The summed E-state index contributed by atoms with van der Waals surface area (Å²) in [6.45, 7) is 1.47. The van der Waals surface area contributed by atoms with Crippen molar-refractivity contribution in [2.75, 3.05) is 24.6 Å². The zero-order valence-electron chi connectivity index (χ0n) is 6.30. The van der Waals surface area contributed by atoms with E-state index >= 15 is 0 Å². The molecule has 0 aliphatic heterocycles. The Balaban J connectivity index is 2.85. The van der Waals surface area contributed by atoms with Crippen molar-refractivity contribution in [3.05, 3.63) is 0 Å². The molecular weight excluding hydrogens is 180 g/mol. The Kier molecular flexibility index (Phi) is 7.98. The van der Waals surface area contributed by atoms with Gasteiger partial charge in [-0.3, -0.25) is 5.41 Å². The van der Waals surface area contributed by atoms with Gasteiger partial charge in [0.2, 0.25) is 0 Å². The molecular formula is C5H14N4S2. The molecule has 0 aliphatic rings. The summed E-state index contributed by atoms with van der Waals surface area (Å²) in [7, 11) is 3.49. The van der Waals surface area contributed by atoms with E-state index < -0.39 is 0 Å². The summed E-state index contributed by atoms with van der Waals surface area (Å²) in [4.78, 5) is 0. The van der Waals surface area contributed by atoms with Crippen LogP contribution >= 0.6 is 21.6 Å². The topological polar surface area (TPSA) is 87.9 Å². The summed E-state index contributed by atoms with van der Waals surface area (Å²) in [6.07, 6.45) is 0. The summed E-state index contributed by atoms with van der Waals surface area (Å²) < 4.78 is 0. The van der Waals surface area contributed by atoms with E-state index in [-0.39, 0.29) is 5.96 Å². The summed E-state index contributed by atoms with van der Waals surface area (Å²) in [6, 6.07) is 0. The molecule has 6 heteroatoms. The first-order valence-electron chi connectivity index (χ1n) is 3.29. The predicted molar refractivity (Wildman–Crippen MR) is 53.9 cm³/mol. The Hall–Kier alpha value is -0.0700. The zero-order valence-corrected chi connectivity index (χ0v) is 7.93. The lowest BCUT2D eigenvalue weighted by Crippen LogP contribution is -2.31. The first-order chi connectivity index (χ1) is 5.27. The average molecular weight is 194 g/mol. The van der Waals surface area contributed by atoms with E-state index in [4.69, 9.17) is 16.9 Å². The standard InChI is InChI=1S/C5H14N4S2/c6-1-3-10-11-4-2-9-5(7)8/h1-4,6H2,(H4,7,8,9). The van der Waals surface area contributed by atoms with Gasteiger partial charge in [-0.15, -0.1) is 0 Å². The average Bonchev–Trinajstić information content (AvgIpc) is 1.96. The molecule has 0 aromatic carbocycles. The van der Waals surface area contributed by atoms with Gasteiger partial charge in [0.05, 0.1) is 0 Å². The van der Waals surface area contributed by atoms with Gasteiger partial charge in [-0.05, 0) is 0 Å². The van der Waals surface area contributed by atoms with Crippen LogP contribution in [0.15, 0.2) is 0 Å². The molecule has 0 radical (unpaired) electrons. The van der Waals surface area contributed by atoms with Crippen molar-refractivity contribution in [1.82, 2.24) is 5.32 Å². The first kappa shape index (κ1) is 10.9. The number of nitrogens with two attached hydrogens (primary N) is 2. The lowest BCUT2D eigenvalue weighted by atomic mass is 10.7. The Morgan fingerprint density at radius 3 is 2.55 bits per heavy atom. The second-order valence-electron chi connectivity index (χ2n) is 1.77. The summed E-state index contributed by atoms with van der Waals surface area (Å²) in [5.74, 6) is 1.96. The largest absolute Gasteiger partial charge is 0.370 e. The SMILES string of the molecule is N=C(N)NCCSSCCN. The molecule has 0 amide bonds. The van der Waals surface area contributed by atoms with Crippen LogP contribution in [0, 0.1) is 5.41 Å². The van der Waals surface area contributed by atoms with Crippen LogP contribution in [-0.4, -0.2) is 30.6 Å². The fraction of sp³-hybridized carbons (Fsp3) is 0.800. The molecule has 0 aromatic rings. The van der Waals surface area contributed by atoms with Crippen molar-refractivity contribution < 1.29 is 0 Å². The second-order valence-corrected chi connectivity index (χ2v) is 4.48. The Morgan fingerprint density at radius 2 is 2.00 bits per heavy atom.